The van der Waals surface area contributed by atoms with E-state index in [0.717, 1.165) is 25.7 Å². The summed E-state index contributed by atoms with van der Waals surface area (Å²) in [6.45, 7) is 3.89. The van der Waals surface area contributed by atoms with Gasteiger partial charge in [-0.1, -0.05) is 24.3 Å². The second-order valence-electron chi connectivity index (χ2n) is 13.3. The maximum absolute atomic E-state index is 12.9. The standard InChI is InChI=1S/C36H40N2O10/c1-21(47-35(39)31-17-23-5-7-25(31)15-23)29-19-27(9-11-33(29)37(41)42)45-13-3-4-14-46-28-10-12-34(38(43)44)30(20-28)22(2)48-36(40)32-18-24-6-8-26(32)16-24/h5-12,19-26,31-32H,3-4,13-18H2,1-2H3/t21?,22?,23?,24?,25?,26?,31-,32-/m1/s1. The first kappa shape index (κ1) is 33.2. The molecule has 254 valence electrons. The summed E-state index contributed by atoms with van der Waals surface area (Å²) in [4.78, 5) is 48.1. The lowest BCUT2D eigenvalue weighted by Crippen LogP contribution is -2.23. The Kier molecular flexibility index (Phi) is 9.79. The van der Waals surface area contributed by atoms with Crippen molar-refractivity contribution in [3.8, 4) is 11.5 Å². The van der Waals surface area contributed by atoms with E-state index < -0.39 is 22.1 Å². The Morgan fingerprint density at radius 3 is 1.44 bits per heavy atom. The summed E-state index contributed by atoms with van der Waals surface area (Å²) in [5, 5.41) is 23.4. The molecule has 8 atom stereocenters. The summed E-state index contributed by atoms with van der Waals surface area (Å²) in [7, 11) is 0. The quantitative estimate of drug-likeness (QED) is 0.0621. The van der Waals surface area contributed by atoms with Gasteiger partial charge in [0.1, 0.15) is 23.7 Å². The van der Waals surface area contributed by atoms with Gasteiger partial charge in [-0.15, -0.1) is 0 Å². The number of hydrogen-bond donors (Lipinski definition) is 0. The molecule has 6 rings (SSSR count). The van der Waals surface area contributed by atoms with E-state index >= 15 is 0 Å². The molecule has 48 heavy (non-hydrogen) atoms. The first-order chi connectivity index (χ1) is 23.1. The average molecular weight is 661 g/mol. The van der Waals surface area contributed by atoms with Crippen LogP contribution in [0.5, 0.6) is 11.5 Å². The van der Waals surface area contributed by atoms with Crippen molar-refractivity contribution >= 4 is 23.3 Å². The zero-order valence-electron chi connectivity index (χ0n) is 27.0. The highest BCUT2D eigenvalue weighted by molar-refractivity contribution is 5.75. The van der Waals surface area contributed by atoms with E-state index in [4.69, 9.17) is 18.9 Å². The number of nitrogens with zero attached hydrogens (tertiary/aromatic N) is 2. The third-order valence-electron chi connectivity index (χ3n) is 10.1. The van der Waals surface area contributed by atoms with Crippen molar-refractivity contribution in [3.05, 3.63) is 92.1 Å². The minimum Gasteiger partial charge on any atom is -0.494 e. The summed E-state index contributed by atoms with van der Waals surface area (Å²) < 4.78 is 23.1. The highest BCUT2D eigenvalue weighted by atomic mass is 16.6. The molecule has 4 aliphatic rings. The monoisotopic (exact) mass is 660 g/mol. The molecule has 12 nitrogen and oxygen atoms in total. The molecule has 4 bridgehead atoms. The fourth-order valence-corrected chi connectivity index (χ4v) is 7.57. The van der Waals surface area contributed by atoms with E-state index in [0.29, 0.717) is 49.4 Å². The number of carbonyl (C=O) groups is 2. The van der Waals surface area contributed by atoms with Crippen LogP contribution in [0.4, 0.5) is 11.4 Å². The van der Waals surface area contributed by atoms with Crippen LogP contribution in [-0.2, 0) is 19.1 Å². The largest absolute Gasteiger partial charge is 0.494 e. The van der Waals surface area contributed by atoms with Gasteiger partial charge < -0.3 is 18.9 Å². The summed E-state index contributed by atoms with van der Waals surface area (Å²) in [6, 6.07) is 8.86. The molecular formula is C36H40N2O10. The molecule has 0 saturated heterocycles. The number of rotatable bonds is 15. The zero-order valence-corrected chi connectivity index (χ0v) is 27.0. The van der Waals surface area contributed by atoms with E-state index in [2.05, 4.69) is 24.3 Å². The van der Waals surface area contributed by atoms with Crippen LogP contribution >= 0.6 is 0 Å². The fourth-order valence-electron chi connectivity index (χ4n) is 7.57. The summed E-state index contributed by atoms with van der Waals surface area (Å²) in [6.07, 6.45) is 11.4. The van der Waals surface area contributed by atoms with Gasteiger partial charge in [-0.25, -0.2) is 0 Å². The minimum absolute atomic E-state index is 0.141. The van der Waals surface area contributed by atoms with Gasteiger partial charge in [0.05, 0.1) is 46.0 Å². The maximum atomic E-state index is 12.9. The van der Waals surface area contributed by atoms with E-state index in [9.17, 15) is 29.8 Å². The molecule has 2 aromatic carbocycles. The second-order valence-corrected chi connectivity index (χ2v) is 13.3. The van der Waals surface area contributed by atoms with E-state index in [-0.39, 0.29) is 58.1 Å². The molecule has 0 spiro atoms. The number of benzene rings is 2. The normalized spacial score (nSPS) is 25.9. The predicted octanol–water partition coefficient (Wildman–Crippen LogP) is 7.37. The second kappa shape index (κ2) is 14.2. The summed E-state index contributed by atoms with van der Waals surface area (Å²) in [5.41, 5.74) is 0.263. The topological polar surface area (TPSA) is 157 Å². The molecular weight excluding hydrogens is 620 g/mol. The Morgan fingerprint density at radius 2 is 1.10 bits per heavy atom. The third-order valence-corrected chi connectivity index (χ3v) is 10.1. The fraction of sp³-hybridized carbons (Fsp3) is 0.500. The van der Waals surface area contributed by atoms with Crippen LogP contribution in [0.3, 0.4) is 0 Å². The molecule has 0 aromatic heterocycles. The number of hydrogen-bond acceptors (Lipinski definition) is 10. The van der Waals surface area contributed by atoms with E-state index in [1.165, 1.54) is 24.3 Å². The number of carbonyl (C=O) groups excluding carboxylic acids is 2. The van der Waals surface area contributed by atoms with E-state index in [1.54, 1.807) is 26.0 Å². The number of ether oxygens (including phenoxy) is 4. The Morgan fingerprint density at radius 1 is 0.688 bits per heavy atom. The van der Waals surface area contributed by atoms with Crippen molar-refractivity contribution in [2.75, 3.05) is 13.2 Å². The molecule has 0 amide bonds. The Hall–Kier alpha value is -4.74. The Bertz CT molecular complexity index is 1520. The summed E-state index contributed by atoms with van der Waals surface area (Å²) in [5.74, 6) is 0.919. The van der Waals surface area contributed by atoms with Crippen molar-refractivity contribution in [3.63, 3.8) is 0 Å². The lowest BCUT2D eigenvalue weighted by molar-refractivity contribution is -0.386. The maximum Gasteiger partial charge on any atom is 0.310 e. The van der Waals surface area contributed by atoms with Crippen molar-refractivity contribution in [1.29, 1.82) is 0 Å². The Labute approximate surface area is 278 Å². The average Bonchev–Trinajstić information content (AvgIpc) is 3.89. The van der Waals surface area contributed by atoms with Gasteiger partial charge in [0, 0.05) is 12.1 Å². The van der Waals surface area contributed by atoms with Gasteiger partial charge in [-0.2, -0.15) is 0 Å². The molecule has 2 fully saturated rings. The van der Waals surface area contributed by atoms with Crippen LogP contribution in [0, 0.1) is 55.7 Å². The molecule has 4 aliphatic carbocycles. The molecule has 6 unspecified atom stereocenters. The van der Waals surface area contributed by atoms with Gasteiger partial charge >= 0.3 is 11.9 Å². The molecule has 2 aromatic rings. The van der Waals surface area contributed by atoms with Crippen molar-refractivity contribution in [2.45, 2.75) is 64.6 Å². The number of esters is 2. The van der Waals surface area contributed by atoms with Gasteiger partial charge in [0.2, 0.25) is 0 Å². The minimum atomic E-state index is -0.814. The van der Waals surface area contributed by atoms with Crippen LogP contribution < -0.4 is 9.47 Å². The van der Waals surface area contributed by atoms with Crippen LogP contribution in [0.2, 0.25) is 0 Å². The van der Waals surface area contributed by atoms with Crippen molar-refractivity contribution in [2.24, 2.45) is 35.5 Å². The van der Waals surface area contributed by atoms with Gasteiger partial charge in [0.15, 0.2) is 0 Å². The molecule has 2 saturated carbocycles. The van der Waals surface area contributed by atoms with Gasteiger partial charge in [-0.05, 0) is 100 Å². The van der Waals surface area contributed by atoms with Crippen LogP contribution in [0.25, 0.3) is 0 Å². The Balaban J connectivity index is 0.985. The molecule has 0 N–H and O–H groups in total. The SMILES string of the molecule is CC(OC(=O)[C@@H]1CC2C=CC1C2)c1cc(OCCCCOc2ccc([N+](=O)[O-])c(C(C)OC(=O)[C@@H]3CC4C=CC3C4)c2)ccc1[N+](=O)[O-]. The first-order valence-electron chi connectivity index (χ1n) is 16.7. The number of nitro benzene ring substituents is 2. The molecule has 0 aliphatic heterocycles. The van der Waals surface area contributed by atoms with Crippen molar-refractivity contribution < 1.29 is 38.4 Å². The predicted molar refractivity (Wildman–Crippen MR) is 173 cm³/mol. The highest BCUT2D eigenvalue weighted by Gasteiger charge is 2.42. The van der Waals surface area contributed by atoms with E-state index in [1.807, 2.05) is 0 Å². The van der Waals surface area contributed by atoms with Gasteiger partial charge in [0.25, 0.3) is 11.4 Å². The molecule has 0 heterocycles. The zero-order chi connectivity index (χ0) is 33.9. The first-order valence-corrected chi connectivity index (χ1v) is 16.7. The number of unbranched alkanes of at least 4 members (excludes halogenated alkanes) is 1. The number of allylic oxidation sites excluding steroid dienone is 4. The lowest BCUT2D eigenvalue weighted by atomic mass is 9.94. The smallest absolute Gasteiger partial charge is 0.310 e. The lowest BCUT2D eigenvalue weighted by Gasteiger charge is -2.21. The molecule has 0 radical (unpaired) electrons. The van der Waals surface area contributed by atoms with Crippen molar-refractivity contribution in [1.82, 2.24) is 0 Å². The van der Waals surface area contributed by atoms with Crippen LogP contribution in [-0.4, -0.2) is 35.0 Å². The third kappa shape index (κ3) is 7.22. The van der Waals surface area contributed by atoms with Crippen LogP contribution in [0.15, 0.2) is 60.7 Å². The molecule has 12 heteroatoms. The highest BCUT2D eigenvalue weighted by Crippen LogP contribution is 2.46. The van der Waals surface area contributed by atoms with Gasteiger partial charge in [-0.3, -0.25) is 29.8 Å². The van der Waals surface area contributed by atoms with Crippen LogP contribution in [0.1, 0.15) is 75.7 Å². The number of nitro groups is 2. The summed E-state index contributed by atoms with van der Waals surface area (Å²) >= 11 is 0. The number of fused-ring (bicyclic) bond motifs is 4.